The number of hydrogen-bond acceptors (Lipinski definition) is 3. The minimum absolute atomic E-state index is 0.0131. The lowest BCUT2D eigenvalue weighted by atomic mass is 10.1. The molecule has 1 aliphatic heterocycles. The molecule has 0 unspecified atom stereocenters. The van der Waals surface area contributed by atoms with Crippen molar-refractivity contribution in [3.63, 3.8) is 0 Å². The Kier molecular flexibility index (Phi) is 5.41. The molecule has 1 aromatic carbocycles. The molecule has 1 heterocycles. The monoisotopic (exact) mass is 276 g/mol. The molecule has 1 aliphatic rings. The first kappa shape index (κ1) is 14.9. The van der Waals surface area contributed by atoms with Crippen LogP contribution >= 0.6 is 0 Å². The van der Waals surface area contributed by atoms with Gasteiger partial charge in [0, 0.05) is 30.9 Å². The maximum Gasteiger partial charge on any atom is 0.251 e. The molecule has 1 N–H and O–H groups in total. The third-order valence-electron chi connectivity index (χ3n) is 3.51. The van der Waals surface area contributed by atoms with E-state index in [2.05, 4.69) is 24.1 Å². The van der Waals surface area contributed by atoms with Crippen LogP contribution in [-0.4, -0.2) is 38.8 Å². The lowest BCUT2D eigenvalue weighted by Gasteiger charge is -2.28. The van der Waals surface area contributed by atoms with Crippen LogP contribution in [0.15, 0.2) is 24.3 Å². The predicted octanol–water partition coefficient (Wildman–Crippen LogP) is 2.30. The van der Waals surface area contributed by atoms with Crippen LogP contribution in [0.2, 0.25) is 0 Å². The highest BCUT2D eigenvalue weighted by molar-refractivity contribution is 5.94. The van der Waals surface area contributed by atoms with Crippen molar-refractivity contribution in [1.82, 2.24) is 5.32 Å². The molecule has 1 fully saturated rings. The van der Waals surface area contributed by atoms with E-state index in [1.54, 1.807) is 0 Å². The minimum Gasteiger partial charge on any atom is -0.378 e. The van der Waals surface area contributed by atoms with Gasteiger partial charge >= 0.3 is 0 Å². The van der Waals surface area contributed by atoms with Crippen LogP contribution in [0.5, 0.6) is 0 Å². The molecule has 4 nitrogen and oxygen atoms in total. The van der Waals surface area contributed by atoms with Crippen LogP contribution in [0, 0.1) is 5.92 Å². The number of hydrogen-bond donors (Lipinski definition) is 1. The van der Waals surface area contributed by atoms with Gasteiger partial charge in [-0.1, -0.05) is 13.8 Å². The second-order valence-corrected chi connectivity index (χ2v) is 5.58. The number of rotatable bonds is 5. The standard InChI is InChI=1S/C16H24N2O2/c1-13(2)7-8-17-16(19)14-3-5-15(6-4-14)18-9-11-20-12-10-18/h3-6,13H,7-12H2,1-2H3,(H,17,19). The lowest BCUT2D eigenvalue weighted by Crippen LogP contribution is -2.36. The fourth-order valence-electron chi connectivity index (χ4n) is 2.22. The third-order valence-corrected chi connectivity index (χ3v) is 3.51. The van der Waals surface area contributed by atoms with Gasteiger partial charge in [0.25, 0.3) is 5.91 Å². The summed E-state index contributed by atoms with van der Waals surface area (Å²) in [6, 6.07) is 7.83. The molecule has 20 heavy (non-hydrogen) atoms. The summed E-state index contributed by atoms with van der Waals surface area (Å²) < 4.78 is 5.34. The van der Waals surface area contributed by atoms with Gasteiger partial charge in [-0.25, -0.2) is 0 Å². The molecular weight excluding hydrogens is 252 g/mol. The average molecular weight is 276 g/mol. The van der Waals surface area contributed by atoms with Crippen molar-refractivity contribution < 1.29 is 9.53 Å². The fraction of sp³-hybridized carbons (Fsp3) is 0.562. The Bertz CT molecular complexity index is 423. The third kappa shape index (κ3) is 4.23. The summed E-state index contributed by atoms with van der Waals surface area (Å²) in [4.78, 5) is 14.3. The summed E-state index contributed by atoms with van der Waals surface area (Å²) in [5.74, 6) is 0.623. The van der Waals surface area contributed by atoms with Crippen LogP contribution in [0.1, 0.15) is 30.6 Å². The number of carbonyl (C=O) groups excluding carboxylic acids is 1. The maximum absolute atomic E-state index is 12.0. The van der Waals surface area contributed by atoms with Crippen molar-refractivity contribution in [2.75, 3.05) is 37.7 Å². The second kappa shape index (κ2) is 7.29. The van der Waals surface area contributed by atoms with Crippen LogP contribution in [0.3, 0.4) is 0 Å². The van der Waals surface area contributed by atoms with Gasteiger partial charge in [-0.15, -0.1) is 0 Å². The van der Waals surface area contributed by atoms with Crippen molar-refractivity contribution >= 4 is 11.6 Å². The zero-order valence-corrected chi connectivity index (χ0v) is 12.4. The Morgan fingerprint density at radius 1 is 1.25 bits per heavy atom. The fourth-order valence-corrected chi connectivity index (χ4v) is 2.22. The Labute approximate surface area is 121 Å². The Hall–Kier alpha value is -1.55. The first-order chi connectivity index (χ1) is 9.66. The van der Waals surface area contributed by atoms with Crippen LogP contribution < -0.4 is 10.2 Å². The molecule has 110 valence electrons. The van der Waals surface area contributed by atoms with E-state index < -0.39 is 0 Å². The summed E-state index contributed by atoms with van der Waals surface area (Å²) in [6.07, 6.45) is 1.01. The maximum atomic E-state index is 12.0. The molecule has 1 amide bonds. The lowest BCUT2D eigenvalue weighted by molar-refractivity contribution is 0.0952. The van der Waals surface area contributed by atoms with E-state index in [-0.39, 0.29) is 5.91 Å². The Morgan fingerprint density at radius 2 is 1.90 bits per heavy atom. The summed E-state index contributed by atoms with van der Waals surface area (Å²) in [6.45, 7) is 8.43. The van der Waals surface area contributed by atoms with E-state index in [9.17, 15) is 4.79 Å². The molecule has 0 aromatic heterocycles. The van der Waals surface area contributed by atoms with Gasteiger partial charge in [0.15, 0.2) is 0 Å². The number of morpholine rings is 1. The van der Waals surface area contributed by atoms with Gasteiger partial charge in [-0.3, -0.25) is 4.79 Å². The average Bonchev–Trinajstić information content (AvgIpc) is 2.48. The van der Waals surface area contributed by atoms with Gasteiger partial charge in [0.1, 0.15) is 0 Å². The minimum atomic E-state index is 0.0131. The molecule has 0 aliphatic carbocycles. The Balaban J connectivity index is 1.88. The molecule has 2 rings (SSSR count). The molecule has 0 radical (unpaired) electrons. The molecule has 4 heteroatoms. The number of nitrogens with zero attached hydrogens (tertiary/aromatic N) is 1. The number of nitrogens with one attached hydrogen (secondary N) is 1. The van der Waals surface area contributed by atoms with E-state index in [1.165, 1.54) is 0 Å². The molecule has 0 saturated carbocycles. The summed E-state index contributed by atoms with van der Waals surface area (Å²) in [7, 11) is 0. The van der Waals surface area contributed by atoms with E-state index >= 15 is 0 Å². The molecule has 1 saturated heterocycles. The summed E-state index contributed by atoms with van der Waals surface area (Å²) >= 11 is 0. The number of ether oxygens (including phenoxy) is 1. The van der Waals surface area contributed by atoms with Crippen molar-refractivity contribution in [3.8, 4) is 0 Å². The van der Waals surface area contributed by atoms with E-state index in [4.69, 9.17) is 4.74 Å². The largest absolute Gasteiger partial charge is 0.378 e. The van der Waals surface area contributed by atoms with Gasteiger partial charge < -0.3 is 15.0 Å². The molecule has 0 spiro atoms. The van der Waals surface area contributed by atoms with Crippen LogP contribution in [0.25, 0.3) is 0 Å². The first-order valence-corrected chi connectivity index (χ1v) is 7.38. The second-order valence-electron chi connectivity index (χ2n) is 5.58. The van der Waals surface area contributed by atoms with Crippen LogP contribution in [0.4, 0.5) is 5.69 Å². The van der Waals surface area contributed by atoms with Gasteiger partial charge in [0.05, 0.1) is 13.2 Å². The zero-order chi connectivity index (χ0) is 14.4. The van der Waals surface area contributed by atoms with Crippen molar-refractivity contribution in [2.45, 2.75) is 20.3 Å². The number of anilines is 1. The molecule has 1 aromatic rings. The highest BCUT2D eigenvalue weighted by Crippen LogP contribution is 2.16. The highest BCUT2D eigenvalue weighted by atomic mass is 16.5. The van der Waals surface area contributed by atoms with Gasteiger partial charge in [-0.05, 0) is 36.6 Å². The van der Waals surface area contributed by atoms with Crippen LogP contribution in [-0.2, 0) is 4.74 Å². The highest BCUT2D eigenvalue weighted by Gasteiger charge is 2.12. The SMILES string of the molecule is CC(C)CCNC(=O)c1ccc(N2CCOCC2)cc1. The van der Waals surface area contributed by atoms with E-state index in [1.807, 2.05) is 24.3 Å². The summed E-state index contributed by atoms with van der Waals surface area (Å²) in [5.41, 5.74) is 1.89. The van der Waals surface area contributed by atoms with E-state index in [0.29, 0.717) is 5.92 Å². The molecule has 0 atom stereocenters. The van der Waals surface area contributed by atoms with Gasteiger partial charge in [0.2, 0.25) is 0 Å². The normalized spacial score (nSPS) is 15.4. The quantitative estimate of drug-likeness (QED) is 0.897. The van der Waals surface area contributed by atoms with Crippen molar-refractivity contribution in [3.05, 3.63) is 29.8 Å². The molecular formula is C16H24N2O2. The smallest absolute Gasteiger partial charge is 0.251 e. The molecule has 0 bridgehead atoms. The summed E-state index contributed by atoms with van der Waals surface area (Å²) in [5, 5.41) is 2.96. The number of carbonyl (C=O) groups is 1. The zero-order valence-electron chi connectivity index (χ0n) is 12.4. The van der Waals surface area contributed by atoms with Gasteiger partial charge in [-0.2, -0.15) is 0 Å². The van der Waals surface area contributed by atoms with Crippen molar-refractivity contribution in [2.24, 2.45) is 5.92 Å². The Morgan fingerprint density at radius 3 is 2.50 bits per heavy atom. The van der Waals surface area contributed by atoms with Crippen molar-refractivity contribution in [1.29, 1.82) is 0 Å². The predicted molar refractivity (Wildman–Crippen MR) is 81.3 cm³/mol. The number of benzene rings is 1. The van der Waals surface area contributed by atoms with E-state index in [0.717, 1.165) is 50.5 Å². The number of amides is 1. The first-order valence-electron chi connectivity index (χ1n) is 7.38. The topological polar surface area (TPSA) is 41.6 Å².